The maximum atomic E-state index is 14.7. The van der Waals surface area contributed by atoms with Gasteiger partial charge in [-0.1, -0.05) is 42.0 Å². The lowest BCUT2D eigenvalue weighted by atomic mass is 10.0. The van der Waals surface area contributed by atoms with Crippen LogP contribution in [-0.2, 0) is 6.54 Å². The van der Waals surface area contributed by atoms with Gasteiger partial charge < -0.3 is 10.0 Å². The highest BCUT2D eigenvalue weighted by atomic mass is 32.1. The monoisotopic (exact) mass is 397 g/mol. The largest absolute Gasteiger partial charge is 0.381 e. The van der Waals surface area contributed by atoms with Gasteiger partial charge in [0.25, 0.3) is 0 Å². The third-order valence-electron chi connectivity index (χ3n) is 5.21. The van der Waals surface area contributed by atoms with Gasteiger partial charge in [-0.3, -0.25) is 4.90 Å². The van der Waals surface area contributed by atoms with E-state index in [1.807, 2.05) is 10.3 Å². The van der Waals surface area contributed by atoms with Crippen molar-refractivity contribution in [3.05, 3.63) is 81.6 Å². The van der Waals surface area contributed by atoms with Gasteiger partial charge in [0, 0.05) is 49.9 Å². The normalized spacial score (nSPS) is 16.3. The molecule has 2 aromatic carbocycles. The van der Waals surface area contributed by atoms with E-state index in [1.165, 1.54) is 28.5 Å². The molecule has 1 aliphatic rings. The Morgan fingerprint density at radius 1 is 1.11 bits per heavy atom. The first-order valence-electron chi connectivity index (χ1n) is 9.50. The SMILES string of the molecule is Cc1ccc(CN2CCN(c3c(F)cccc3[C@@H](O)c3nccs3)CC2)cc1. The minimum Gasteiger partial charge on any atom is -0.381 e. The first kappa shape index (κ1) is 19.1. The highest BCUT2D eigenvalue weighted by Gasteiger charge is 2.26. The molecule has 2 heterocycles. The number of benzene rings is 2. The van der Waals surface area contributed by atoms with Gasteiger partial charge in [-0.25, -0.2) is 9.37 Å². The standard InChI is InChI=1S/C22H24FN3OS/c1-16-5-7-17(8-6-16)15-25-10-12-26(13-11-25)20-18(3-2-4-19(20)23)21(27)22-24-9-14-28-22/h2-9,14,21,27H,10-13,15H2,1H3/t21-/m1/s1. The van der Waals surface area contributed by atoms with Crippen LogP contribution in [0.1, 0.15) is 27.8 Å². The number of thiazole rings is 1. The number of anilines is 1. The summed E-state index contributed by atoms with van der Waals surface area (Å²) in [4.78, 5) is 8.63. The van der Waals surface area contributed by atoms with Gasteiger partial charge in [0.1, 0.15) is 16.9 Å². The van der Waals surface area contributed by atoms with Gasteiger partial charge in [-0.05, 0) is 18.6 Å². The number of para-hydroxylation sites is 1. The van der Waals surface area contributed by atoms with E-state index in [4.69, 9.17) is 0 Å². The quantitative estimate of drug-likeness (QED) is 0.707. The molecule has 0 aliphatic carbocycles. The van der Waals surface area contributed by atoms with Gasteiger partial charge in [0.05, 0.1) is 5.69 Å². The molecule has 0 unspecified atom stereocenters. The minimum atomic E-state index is -0.906. The molecule has 0 saturated carbocycles. The molecule has 3 aromatic rings. The van der Waals surface area contributed by atoms with E-state index in [9.17, 15) is 9.50 Å². The van der Waals surface area contributed by atoms with Crippen LogP contribution in [-0.4, -0.2) is 41.2 Å². The van der Waals surface area contributed by atoms with E-state index in [0.29, 0.717) is 16.3 Å². The van der Waals surface area contributed by atoms with Crippen LogP contribution in [0.25, 0.3) is 0 Å². The van der Waals surface area contributed by atoms with Crippen LogP contribution >= 0.6 is 11.3 Å². The van der Waals surface area contributed by atoms with Crippen molar-refractivity contribution in [1.29, 1.82) is 0 Å². The van der Waals surface area contributed by atoms with E-state index in [0.717, 1.165) is 32.7 Å². The topological polar surface area (TPSA) is 39.6 Å². The average molecular weight is 398 g/mol. The van der Waals surface area contributed by atoms with E-state index in [2.05, 4.69) is 41.1 Å². The molecule has 0 radical (unpaired) electrons. The molecular weight excluding hydrogens is 373 g/mol. The molecular formula is C22H24FN3OS. The lowest BCUT2D eigenvalue weighted by Crippen LogP contribution is -2.46. The molecule has 146 valence electrons. The molecule has 0 spiro atoms. The lowest BCUT2D eigenvalue weighted by molar-refractivity contribution is 0.218. The van der Waals surface area contributed by atoms with Gasteiger partial charge in [-0.2, -0.15) is 0 Å². The predicted molar refractivity (Wildman–Crippen MR) is 111 cm³/mol. The van der Waals surface area contributed by atoms with E-state index >= 15 is 0 Å². The molecule has 1 saturated heterocycles. The van der Waals surface area contributed by atoms with Crippen LogP contribution in [0.3, 0.4) is 0 Å². The van der Waals surface area contributed by atoms with Crippen molar-refractivity contribution in [1.82, 2.24) is 9.88 Å². The van der Waals surface area contributed by atoms with Crippen molar-refractivity contribution < 1.29 is 9.50 Å². The molecule has 1 aromatic heterocycles. The third-order valence-corrected chi connectivity index (χ3v) is 6.04. The number of aromatic nitrogens is 1. The molecule has 0 amide bonds. The highest BCUT2D eigenvalue weighted by Crippen LogP contribution is 2.34. The summed E-state index contributed by atoms with van der Waals surface area (Å²) in [5.41, 5.74) is 3.64. The van der Waals surface area contributed by atoms with Crippen LogP contribution in [0.4, 0.5) is 10.1 Å². The third kappa shape index (κ3) is 4.09. The van der Waals surface area contributed by atoms with Gasteiger partial charge in [-0.15, -0.1) is 11.3 Å². The molecule has 28 heavy (non-hydrogen) atoms. The summed E-state index contributed by atoms with van der Waals surface area (Å²) in [6, 6.07) is 13.5. The van der Waals surface area contributed by atoms with Crippen molar-refractivity contribution in [2.45, 2.75) is 19.6 Å². The van der Waals surface area contributed by atoms with Crippen LogP contribution in [0.5, 0.6) is 0 Å². The van der Waals surface area contributed by atoms with Crippen molar-refractivity contribution in [3.63, 3.8) is 0 Å². The zero-order valence-corrected chi connectivity index (χ0v) is 16.7. The van der Waals surface area contributed by atoms with Crippen molar-refractivity contribution >= 4 is 17.0 Å². The van der Waals surface area contributed by atoms with Crippen molar-refractivity contribution in [2.75, 3.05) is 31.1 Å². The summed E-state index contributed by atoms with van der Waals surface area (Å²) in [6.07, 6.45) is 0.753. The fourth-order valence-electron chi connectivity index (χ4n) is 3.67. The number of hydrogen-bond acceptors (Lipinski definition) is 5. The Bertz CT molecular complexity index is 906. The van der Waals surface area contributed by atoms with Gasteiger partial charge in [0.15, 0.2) is 0 Å². The van der Waals surface area contributed by atoms with E-state index in [-0.39, 0.29) is 5.82 Å². The number of hydrogen-bond donors (Lipinski definition) is 1. The summed E-state index contributed by atoms with van der Waals surface area (Å²) in [5.74, 6) is -0.292. The van der Waals surface area contributed by atoms with E-state index < -0.39 is 6.10 Å². The molecule has 1 atom stereocenters. The molecule has 1 fully saturated rings. The fraction of sp³-hybridized carbons (Fsp3) is 0.318. The summed E-state index contributed by atoms with van der Waals surface area (Å²) in [6.45, 7) is 6.16. The molecule has 4 rings (SSSR count). The molecule has 1 N–H and O–H groups in total. The average Bonchev–Trinajstić information content (AvgIpc) is 3.25. The van der Waals surface area contributed by atoms with Crippen molar-refractivity contribution in [2.24, 2.45) is 0 Å². The second kappa shape index (κ2) is 8.39. The summed E-state index contributed by atoms with van der Waals surface area (Å²) in [5, 5.41) is 13.1. The number of aliphatic hydroxyl groups is 1. The number of rotatable bonds is 5. The molecule has 1 aliphatic heterocycles. The summed E-state index contributed by atoms with van der Waals surface area (Å²) < 4.78 is 14.7. The molecule has 6 heteroatoms. The van der Waals surface area contributed by atoms with Gasteiger partial charge in [0.2, 0.25) is 0 Å². The number of nitrogens with zero attached hydrogens (tertiary/aromatic N) is 3. The second-order valence-electron chi connectivity index (χ2n) is 7.20. The Kier molecular flexibility index (Phi) is 5.71. The Labute approximate surface area is 168 Å². The van der Waals surface area contributed by atoms with E-state index in [1.54, 1.807) is 18.3 Å². The Hall–Kier alpha value is -2.28. The number of aliphatic hydroxyl groups excluding tert-OH is 1. The Balaban J connectivity index is 1.48. The van der Waals surface area contributed by atoms with Crippen molar-refractivity contribution in [3.8, 4) is 0 Å². The molecule has 4 nitrogen and oxygen atoms in total. The number of aryl methyl sites for hydroxylation is 1. The first-order valence-corrected chi connectivity index (χ1v) is 10.4. The summed E-state index contributed by atoms with van der Waals surface area (Å²) >= 11 is 1.38. The Morgan fingerprint density at radius 2 is 1.86 bits per heavy atom. The predicted octanol–water partition coefficient (Wildman–Crippen LogP) is 3.99. The van der Waals surface area contributed by atoms with Gasteiger partial charge >= 0.3 is 0 Å². The first-order chi connectivity index (χ1) is 13.6. The second-order valence-corrected chi connectivity index (χ2v) is 8.13. The lowest BCUT2D eigenvalue weighted by Gasteiger charge is -2.37. The summed E-state index contributed by atoms with van der Waals surface area (Å²) in [7, 11) is 0. The Morgan fingerprint density at radius 3 is 2.54 bits per heavy atom. The number of piperazine rings is 1. The maximum Gasteiger partial charge on any atom is 0.146 e. The molecule has 0 bridgehead atoms. The maximum absolute atomic E-state index is 14.7. The van der Waals surface area contributed by atoms with Crippen LogP contribution in [0.2, 0.25) is 0 Å². The van der Waals surface area contributed by atoms with Crippen LogP contribution in [0.15, 0.2) is 54.0 Å². The zero-order chi connectivity index (χ0) is 19.5. The fourth-order valence-corrected chi connectivity index (χ4v) is 4.31. The van der Waals surface area contributed by atoms with Crippen LogP contribution in [0, 0.1) is 12.7 Å². The highest BCUT2D eigenvalue weighted by molar-refractivity contribution is 7.09. The smallest absolute Gasteiger partial charge is 0.146 e. The van der Waals surface area contributed by atoms with Crippen LogP contribution < -0.4 is 4.90 Å². The number of halogens is 1. The zero-order valence-electron chi connectivity index (χ0n) is 15.9. The minimum absolute atomic E-state index is 0.292.